The highest BCUT2D eigenvalue weighted by Crippen LogP contribution is 2.29. The molecule has 0 atom stereocenters. The van der Waals surface area contributed by atoms with Crippen LogP contribution in [0.3, 0.4) is 0 Å². The van der Waals surface area contributed by atoms with E-state index < -0.39 is 0 Å². The predicted molar refractivity (Wildman–Crippen MR) is 87.0 cm³/mol. The Morgan fingerprint density at radius 3 is 2.10 bits per heavy atom. The van der Waals surface area contributed by atoms with Crippen LogP contribution in [0.25, 0.3) is 0 Å². The number of carbonyl (C=O) groups excluding carboxylic acids is 1. The molecule has 3 nitrogen and oxygen atoms in total. The Kier molecular flexibility index (Phi) is 5.22. The summed E-state index contributed by atoms with van der Waals surface area (Å²) < 4.78 is 1.04. The van der Waals surface area contributed by atoms with E-state index in [9.17, 15) is 4.79 Å². The number of rotatable bonds is 3. The number of hydrogen-bond acceptors (Lipinski definition) is 2. The third-order valence-corrected chi connectivity index (χ3v) is 4.85. The van der Waals surface area contributed by atoms with Crippen LogP contribution >= 0.6 is 15.9 Å². The first-order valence-electron chi connectivity index (χ1n) is 7.18. The minimum Gasteiger partial charge on any atom is -0.315 e. The van der Waals surface area contributed by atoms with Gasteiger partial charge >= 0.3 is 0 Å². The van der Waals surface area contributed by atoms with Gasteiger partial charge in [0, 0.05) is 29.2 Å². The molecular weight excluding hydrogens is 316 g/mol. The molecule has 110 valence electrons. The zero-order valence-corrected chi connectivity index (χ0v) is 14.1. The zero-order valence-electron chi connectivity index (χ0n) is 12.5. The normalized spacial score (nSPS) is 22.9. The van der Waals surface area contributed by atoms with Crippen LogP contribution in [-0.2, 0) is 4.79 Å². The Morgan fingerprint density at radius 1 is 1.05 bits per heavy atom. The number of halogens is 1. The quantitative estimate of drug-likeness (QED) is 0.841. The lowest BCUT2D eigenvalue weighted by Gasteiger charge is -2.33. The maximum absolute atomic E-state index is 12.6. The fourth-order valence-electron chi connectivity index (χ4n) is 2.90. The van der Waals surface area contributed by atoms with Crippen LogP contribution < -0.4 is 4.90 Å². The molecule has 1 amide bonds. The summed E-state index contributed by atoms with van der Waals surface area (Å²) in [6.07, 6.45) is 4.25. The van der Waals surface area contributed by atoms with E-state index in [0.717, 1.165) is 35.8 Å². The van der Waals surface area contributed by atoms with Gasteiger partial charge in [-0.05, 0) is 64.0 Å². The van der Waals surface area contributed by atoms with Crippen LogP contribution in [0.5, 0.6) is 0 Å². The van der Waals surface area contributed by atoms with E-state index in [4.69, 9.17) is 0 Å². The van der Waals surface area contributed by atoms with Gasteiger partial charge in [-0.25, -0.2) is 0 Å². The molecule has 1 aliphatic rings. The highest BCUT2D eigenvalue weighted by molar-refractivity contribution is 9.10. The summed E-state index contributed by atoms with van der Waals surface area (Å²) in [5, 5.41) is 0. The summed E-state index contributed by atoms with van der Waals surface area (Å²) >= 11 is 3.42. The molecule has 4 heteroatoms. The first kappa shape index (κ1) is 15.5. The minimum atomic E-state index is 0.180. The summed E-state index contributed by atoms with van der Waals surface area (Å²) in [4.78, 5) is 16.6. The molecule has 1 fully saturated rings. The maximum Gasteiger partial charge on any atom is 0.229 e. The molecule has 0 aromatic heterocycles. The van der Waals surface area contributed by atoms with Crippen LogP contribution in [0.4, 0.5) is 5.69 Å². The summed E-state index contributed by atoms with van der Waals surface area (Å²) in [7, 11) is 6.13. The van der Waals surface area contributed by atoms with Crippen molar-refractivity contribution in [1.82, 2.24) is 4.90 Å². The van der Waals surface area contributed by atoms with Crippen molar-refractivity contribution in [1.29, 1.82) is 0 Å². The van der Waals surface area contributed by atoms with E-state index in [2.05, 4.69) is 34.9 Å². The summed E-state index contributed by atoms with van der Waals surface area (Å²) in [5.74, 6) is 0.435. The fourth-order valence-corrected chi connectivity index (χ4v) is 3.17. The van der Waals surface area contributed by atoms with Gasteiger partial charge in [-0.2, -0.15) is 0 Å². The molecule has 0 unspecified atom stereocenters. The predicted octanol–water partition coefficient (Wildman–Crippen LogP) is 3.53. The Hall–Kier alpha value is -0.870. The van der Waals surface area contributed by atoms with Gasteiger partial charge in [0.2, 0.25) is 5.91 Å². The molecule has 1 aliphatic carbocycles. The molecule has 0 spiro atoms. The van der Waals surface area contributed by atoms with Gasteiger partial charge in [0.25, 0.3) is 0 Å². The van der Waals surface area contributed by atoms with Gasteiger partial charge in [0.1, 0.15) is 0 Å². The van der Waals surface area contributed by atoms with Crippen molar-refractivity contribution in [3.8, 4) is 0 Å². The summed E-state index contributed by atoms with van der Waals surface area (Å²) in [6, 6.07) is 8.54. The SMILES string of the molecule is CN(c1ccc(Br)cc1)C(=O)[C@H]1CC[C@H](N(C)C)CC1. The maximum atomic E-state index is 12.6. The molecule has 2 rings (SSSR count). The second-order valence-electron chi connectivity index (χ2n) is 5.84. The third kappa shape index (κ3) is 3.61. The number of anilines is 1. The third-order valence-electron chi connectivity index (χ3n) is 4.32. The smallest absolute Gasteiger partial charge is 0.229 e. The molecule has 1 aromatic carbocycles. The molecule has 0 radical (unpaired) electrons. The van der Waals surface area contributed by atoms with Crippen LogP contribution in [0.2, 0.25) is 0 Å². The minimum absolute atomic E-state index is 0.180. The van der Waals surface area contributed by atoms with E-state index in [0.29, 0.717) is 6.04 Å². The van der Waals surface area contributed by atoms with Crippen LogP contribution in [0.15, 0.2) is 28.7 Å². The molecule has 20 heavy (non-hydrogen) atoms. The lowest BCUT2D eigenvalue weighted by Crippen LogP contribution is -2.39. The topological polar surface area (TPSA) is 23.6 Å². The Morgan fingerprint density at radius 2 is 1.60 bits per heavy atom. The molecule has 0 aliphatic heterocycles. The van der Waals surface area contributed by atoms with Crippen LogP contribution in [0.1, 0.15) is 25.7 Å². The Labute approximate surface area is 130 Å². The molecule has 1 aromatic rings. The van der Waals surface area contributed by atoms with Crippen molar-refractivity contribution in [2.24, 2.45) is 5.92 Å². The van der Waals surface area contributed by atoms with Crippen LogP contribution in [0, 0.1) is 5.92 Å². The second kappa shape index (κ2) is 6.72. The molecule has 1 saturated carbocycles. The highest BCUT2D eigenvalue weighted by atomic mass is 79.9. The highest BCUT2D eigenvalue weighted by Gasteiger charge is 2.29. The Balaban J connectivity index is 1.96. The van der Waals surface area contributed by atoms with Crippen molar-refractivity contribution in [2.45, 2.75) is 31.7 Å². The molecular formula is C16H23BrN2O. The van der Waals surface area contributed by atoms with Crippen LogP contribution in [-0.4, -0.2) is 38.0 Å². The standard InChI is InChI=1S/C16H23BrN2O/c1-18(2)14-8-4-12(5-9-14)16(20)19(3)15-10-6-13(17)7-11-15/h6-7,10-12,14H,4-5,8-9H2,1-3H3/t12-,14-. The van der Waals surface area contributed by atoms with Gasteiger partial charge in [0.15, 0.2) is 0 Å². The van der Waals surface area contributed by atoms with Gasteiger partial charge < -0.3 is 9.80 Å². The van der Waals surface area contributed by atoms with E-state index in [-0.39, 0.29) is 11.8 Å². The molecule has 0 saturated heterocycles. The van der Waals surface area contributed by atoms with Crippen molar-refractivity contribution < 1.29 is 4.79 Å². The number of benzene rings is 1. The number of hydrogen-bond donors (Lipinski definition) is 0. The van der Waals surface area contributed by atoms with Crippen molar-refractivity contribution >= 4 is 27.5 Å². The first-order chi connectivity index (χ1) is 9.49. The van der Waals surface area contributed by atoms with E-state index in [1.165, 1.54) is 0 Å². The lowest BCUT2D eigenvalue weighted by molar-refractivity contribution is -0.123. The first-order valence-corrected chi connectivity index (χ1v) is 7.98. The number of carbonyl (C=O) groups is 1. The van der Waals surface area contributed by atoms with Gasteiger partial charge in [-0.1, -0.05) is 15.9 Å². The monoisotopic (exact) mass is 338 g/mol. The van der Waals surface area contributed by atoms with Crippen molar-refractivity contribution in [3.05, 3.63) is 28.7 Å². The van der Waals surface area contributed by atoms with E-state index in [1.54, 1.807) is 4.90 Å². The van der Waals surface area contributed by atoms with Crippen molar-refractivity contribution in [3.63, 3.8) is 0 Å². The van der Waals surface area contributed by atoms with E-state index >= 15 is 0 Å². The number of nitrogens with zero attached hydrogens (tertiary/aromatic N) is 2. The van der Waals surface area contributed by atoms with E-state index in [1.807, 2.05) is 31.3 Å². The molecule has 0 bridgehead atoms. The zero-order chi connectivity index (χ0) is 14.7. The lowest BCUT2D eigenvalue weighted by atomic mass is 9.84. The largest absolute Gasteiger partial charge is 0.315 e. The van der Waals surface area contributed by atoms with Crippen molar-refractivity contribution in [2.75, 3.05) is 26.0 Å². The fraction of sp³-hybridized carbons (Fsp3) is 0.562. The Bertz CT molecular complexity index is 450. The second-order valence-corrected chi connectivity index (χ2v) is 6.76. The average molecular weight is 339 g/mol. The van der Waals surface area contributed by atoms with Gasteiger partial charge in [0.05, 0.1) is 0 Å². The van der Waals surface area contributed by atoms with Gasteiger partial charge in [-0.3, -0.25) is 4.79 Å². The van der Waals surface area contributed by atoms with Gasteiger partial charge in [-0.15, -0.1) is 0 Å². The number of amides is 1. The average Bonchev–Trinajstić information content (AvgIpc) is 2.46. The molecule has 0 heterocycles. The molecule has 0 N–H and O–H groups in total. The summed E-state index contributed by atoms with van der Waals surface area (Å²) in [5.41, 5.74) is 0.966. The summed E-state index contributed by atoms with van der Waals surface area (Å²) in [6.45, 7) is 0.